The van der Waals surface area contributed by atoms with Crippen LogP contribution in [-0.2, 0) is 6.54 Å². The summed E-state index contributed by atoms with van der Waals surface area (Å²) in [5, 5.41) is 13.7. The minimum absolute atomic E-state index is 0.0896. The fourth-order valence-electron chi connectivity index (χ4n) is 1.42. The molecule has 0 spiro atoms. The molecule has 90 valence electrons. The van der Waals surface area contributed by atoms with Gasteiger partial charge in [0.2, 0.25) is 0 Å². The molecule has 1 unspecified atom stereocenters. The molecule has 2 nitrogen and oxygen atoms in total. The van der Waals surface area contributed by atoms with Crippen LogP contribution >= 0.6 is 23.2 Å². The monoisotopic (exact) mass is 261 g/mol. The molecular formula is C12H17Cl2NO. The van der Waals surface area contributed by atoms with Gasteiger partial charge in [-0.25, -0.2) is 0 Å². The quantitative estimate of drug-likeness (QED) is 0.854. The van der Waals surface area contributed by atoms with E-state index in [0.717, 1.165) is 5.56 Å². The Kier molecular flexibility index (Phi) is 5.56. The number of halogens is 2. The third-order valence-corrected chi connectivity index (χ3v) is 3.16. The van der Waals surface area contributed by atoms with E-state index in [0.29, 0.717) is 22.5 Å². The van der Waals surface area contributed by atoms with E-state index in [-0.39, 0.29) is 12.6 Å². The molecule has 4 heteroatoms. The average Bonchev–Trinajstić information content (AvgIpc) is 2.21. The van der Waals surface area contributed by atoms with E-state index in [1.165, 1.54) is 0 Å². The van der Waals surface area contributed by atoms with Crippen molar-refractivity contribution < 1.29 is 5.11 Å². The molecule has 0 saturated carbocycles. The first-order valence-electron chi connectivity index (χ1n) is 5.32. The van der Waals surface area contributed by atoms with Crippen molar-refractivity contribution in [2.75, 3.05) is 6.61 Å². The summed E-state index contributed by atoms with van der Waals surface area (Å²) in [4.78, 5) is 0. The van der Waals surface area contributed by atoms with Gasteiger partial charge in [0, 0.05) is 22.6 Å². The molecule has 0 radical (unpaired) electrons. The molecule has 0 aliphatic rings. The molecule has 0 heterocycles. The molecule has 2 N–H and O–H groups in total. The Morgan fingerprint density at radius 3 is 2.50 bits per heavy atom. The van der Waals surface area contributed by atoms with Gasteiger partial charge >= 0.3 is 0 Å². The van der Waals surface area contributed by atoms with Crippen molar-refractivity contribution in [2.45, 2.75) is 26.4 Å². The lowest BCUT2D eigenvalue weighted by molar-refractivity contribution is 0.210. The largest absolute Gasteiger partial charge is 0.395 e. The maximum atomic E-state index is 9.17. The maximum absolute atomic E-state index is 9.17. The highest BCUT2D eigenvalue weighted by Crippen LogP contribution is 2.21. The first-order valence-corrected chi connectivity index (χ1v) is 6.08. The highest BCUT2D eigenvalue weighted by atomic mass is 35.5. The fourth-order valence-corrected chi connectivity index (χ4v) is 1.89. The zero-order valence-electron chi connectivity index (χ0n) is 9.50. The van der Waals surface area contributed by atoms with Crippen molar-refractivity contribution in [3.8, 4) is 0 Å². The van der Waals surface area contributed by atoms with Crippen molar-refractivity contribution >= 4 is 23.2 Å². The second kappa shape index (κ2) is 6.45. The summed E-state index contributed by atoms with van der Waals surface area (Å²) in [6.07, 6.45) is 0. The van der Waals surface area contributed by atoms with Gasteiger partial charge in [-0.1, -0.05) is 43.1 Å². The Bertz CT molecular complexity index is 342. The smallest absolute Gasteiger partial charge is 0.0587 e. The highest BCUT2D eigenvalue weighted by molar-refractivity contribution is 6.35. The average molecular weight is 262 g/mol. The van der Waals surface area contributed by atoms with Gasteiger partial charge in [0.15, 0.2) is 0 Å². The van der Waals surface area contributed by atoms with Crippen molar-refractivity contribution in [1.82, 2.24) is 5.32 Å². The summed E-state index contributed by atoms with van der Waals surface area (Å²) in [7, 11) is 0. The summed E-state index contributed by atoms with van der Waals surface area (Å²) in [5.74, 6) is 0.385. The van der Waals surface area contributed by atoms with Gasteiger partial charge in [0.25, 0.3) is 0 Å². The fraction of sp³-hybridized carbons (Fsp3) is 0.500. The number of benzene rings is 1. The van der Waals surface area contributed by atoms with Crippen LogP contribution in [0.15, 0.2) is 18.2 Å². The molecule has 0 amide bonds. The van der Waals surface area contributed by atoms with E-state index in [9.17, 15) is 5.11 Å². The number of hydrogen-bond acceptors (Lipinski definition) is 2. The van der Waals surface area contributed by atoms with Crippen molar-refractivity contribution in [3.63, 3.8) is 0 Å². The SMILES string of the molecule is CC(C)C(CO)NCc1ccc(Cl)cc1Cl. The standard InChI is InChI=1S/C12H17Cl2NO/c1-8(2)12(7-16)15-6-9-3-4-10(13)5-11(9)14/h3-5,8,12,15-16H,6-7H2,1-2H3. The first-order chi connectivity index (χ1) is 7.54. The Hall–Kier alpha value is -0.280. The summed E-state index contributed by atoms with van der Waals surface area (Å²) in [5.41, 5.74) is 0.991. The molecule has 0 fully saturated rings. The molecule has 0 aromatic heterocycles. The third-order valence-electron chi connectivity index (χ3n) is 2.57. The van der Waals surface area contributed by atoms with Crippen LogP contribution in [-0.4, -0.2) is 17.8 Å². The number of rotatable bonds is 5. The van der Waals surface area contributed by atoms with Crippen molar-refractivity contribution in [1.29, 1.82) is 0 Å². The molecule has 16 heavy (non-hydrogen) atoms. The number of aliphatic hydroxyl groups excluding tert-OH is 1. The first kappa shape index (κ1) is 13.8. The normalized spacial score (nSPS) is 13.1. The molecule has 1 atom stereocenters. The topological polar surface area (TPSA) is 32.3 Å². The zero-order valence-corrected chi connectivity index (χ0v) is 11.0. The summed E-state index contributed by atoms with van der Waals surface area (Å²) in [6, 6.07) is 5.52. The Morgan fingerprint density at radius 2 is 2.00 bits per heavy atom. The van der Waals surface area contributed by atoms with Crippen LogP contribution in [0.2, 0.25) is 10.0 Å². The second-order valence-electron chi connectivity index (χ2n) is 4.15. The molecule has 1 aromatic rings. The lowest BCUT2D eigenvalue weighted by Gasteiger charge is -2.20. The Balaban J connectivity index is 2.60. The summed E-state index contributed by atoms with van der Waals surface area (Å²) >= 11 is 11.9. The Labute approximate surface area is 107 Å². The van der Waals surface area contributed by atoms with Crippen LogP contribution in [0, 0.1) is 5.92 Å². The molecule has 0 aliphatic heterocycles. The maximum Gasteiger partial charge on any atom is 0.0587 e. The Morgan fingerprint density at radius 1 is 1.31 bits per heavy atom. The molecular weight excluding hydrogens is 245 g/mol. The number of nitrogens with one attached hydrogen (secondary N) is 1. The highest BCUT2D eigenvalue weighted by Gasteiger charge is 2.11. The van der Waals surface area contributed by atoms with Crippen LogP contribution in [0.4, 0.5) is 0 Å². The van der Waals surface area contributed by atoms with Crippen molar-refractivity contribution in [3.05, 3.63) is 33.8 Å². The minimum atomic E-state index is 0.0896. The lowest BCUT2D eigenvalue weighted by Crippen LogP contribution is -2.36. The molecule has 0 aliphatic carbocycles. The third kappa shape index (κ3) is 3.95. The lowest BCUT2D eigenvalue weighted by atomic mass is 10.1. The van der Waals surface area contributed by atoms with E-state index in [1.807, 2.05) is 12.1 Å². The summed E-state index contributed by atoms with van der Waals surface area (Å²) < 4.78 is 0. The van der Waals surface area contributed by atoms with Crippen molar-refractivity contribution in [2.24, 2.45) is 5.92 Å². The van der Waals surface area contributed by atoms with Gasteiger partial charge in [-0.2, -0.15) is 0 Å². The van der Waals surface area contributed by atoms with Crippen LogP contribution < -0.4 is 5.32 Å². The van der Waals surface area contributed by atoms with Gasteiger partial charge in [0.1, 0.15) is 0 Å². The van der Waals surface area contributed by atoms with Gasteiger partial charge in [-0.15, -0.1) is 0 Å². The van der Waals surface area contributed by atoms with Crippen LogP contribution in [0.5, 0.6) is 0 Å². The van der Waals surface area contributed by atoms with Crippen LogP contribution in [0.1, 0.15) is 19.4 Å². The molecule has 0 saturated heterocycles. The van der Waals surface area contributed by atoms with E-state index in [4.69, 9.17) is 23.2 Å². The number of hydrogen-bond donors (Lipinski definition) is 2. The van der Waals surface area contributed by atoms with Gasteiger partial charge in [-0.3, -0.25) is 0 Å². The predicted octanol–water partition coefficient (Wildman–Crippen LogP) is 3.10. The van der Waals surface area contributed by atoms with Gasteiger partial charge < -0.3 is 10.4 Å². The van der Waals surface area contributed by atoms with Crippen LogP contribution in [0.3, 0.4) is 0 Å². The van der Waals surface area contributed by atoms with E-state index in [2.05, 4.69) is 19.2 Å². The minimum Gasteiger partial charge on any atom is -0.395 e. The molecule has 0 bridgehead atoms. The van der Waals surface area contributed by atoms with Gasteiger partial charge in [0.05, 0.1) is 6.61 Å². The van der Waals surface area contributed by atoms with Gasteiger partial charge in [-0.05, 0) is 23.6 Å². The molecule has 1 aromatic carbocycles. The van der Waals surface area contributed by atoms with E-state index < -0.39 is 0 Å². The van der Waals surface area contributed by atoms with E-state index in [1.54, 1.807) is 6.07 Å². The van der Waals surface area contributed by atoms with E-state index >= 15 is 0 Å². The summed E-state index contributed by atoms with van der Waals surface area (Å²) in [6.45, 7) is 4.90. The molecule has 1 rings (SSSR count). The number of aliphatic hydroxyl groups is 1. The predicted molar refractivity (Wildman–Crippen MR) is 69.0 cm³/mol. The van der Waals surface area contributed by atoms with Crippen LogP contribution in [0.25, 0.3) is 0 Å². The second-order valence-corrected chi connectivity index (χ2v) is 4.99. The zero-order chi connectivity index (χ0) is 12.1.